The molecule has 3 fully saturated rings. The third kappa shape index (κ3) is 2.05. The van der Waals surface area contributed by atoms with Crippen LogP contribution < -0.4 is 5.73 Å². The predicted octanol–water partition coefficient (Wildman–Crippen LogP) is 1.13. The summed E-state index contributed by atoms with van der Waals surface area (Å²) in [5, 5.41) is 0. The summed E-state index contributed by atoms with van der Waals surface area (Å²) in [5.41, 5.74) is 8.16. The van der Waals surface area contributed by atoms with Crippen LogP contribution in [-0.2, 0) is 4.79 Å². The number of rotatable bonds is 3. The molecule has 132 valence electrons. The van der Waals surface area contributed by atoms with Crippen LogP contribution in [-0.4, -0.2) is 58.3 Å². The number of pyridine rings is 1. The van der Waals surface area contributed by atoms with Crippen LogP contribution in [0.5, 0.6) is 0 Å². The van der Waals surface area contributed by atoms with Gasteiger partial charge >= 0.3 is 0 Å². The highest BCUT2D eigenvalue weighted by atomic mass is 16.2. The van der Waals surface area contributed by atoms with Crippen molar-refractivity contribution in [1.82, 2.24) is 14.8 Å². The molecule has 1 spiro atoms. The van der Waals surface area contributed by atoms with E-state index in [9.17, 15) is 9.59 Å². The van der Waals surface area contributed by atoms with E-state index in [1.165, 1.54) is 0 Å². The topological polar surface area (TPSA) is 79.5 Å². The second-order valence-electron chi connectivity index (χ2n) is 7.45. The van der Waals surface area contributed by atoms with Crippen LogP contribution in [0.1, 0.15) is 16.9 Å². The number of carbonyl (C=O) groups is 2. The number of likely N-dealkylation sites (tertiary alicyclic amines) is 2. The zero-order chi connectivity index (χ0) is 17.9. The Morgan fingerprint density at radius 1 is 1.08 bits per heavy atom. The fourth-order valence-corrected chi connectivity index (χ4v) is 4.65. The summed E-state index contributed by atoms with van der Waals surface area (Å²) in [6.07, 6.45) is 2.74. The Labute approximate surface area is 151 Å². The first kappa shape index (κ1) is 15.5. The van der Waals surface area contributed by atoms with E-state index in [0.717, 1.165) is 24.1 Å². The molecule has 3 aliphatic rings. The molecule has 1 aliphatic carbocycles. The summed E-state index contributed by atoms with van der Waals surface area (Å²) in [4.78, 5) is 33.0. The molecule has 0 radical (unpaired) electrons. The maximum atomic E-state index is 12.9. The standard InChI is InChI=1S/C20H20N4O2/c21-9-18(25)23-11-17-20(8-16(20)23)12-24(17)19(26)15-7-6-14(10-22-15)13-4-2-1-3-5-13/h1-7,10,16-17H,8-9,11-12,21H2. The van der Waals surface area contributed by atoms with Gasteiger partial charge in [-0.05, 0) is 18.1 Å². The van der Waals surface area contributed by atoms with Crippen molar-refractivity contribution in [3.63, 3.8) is 0 Å². The number of hydrogen-bond acceptors (Lipinski definition) is 4. The molecule has 3 heterocycles. The lowest BCUT2D eigenvalue weighted by Crippen LogP contribution is -2.61. The van der Waals surface area contributed by atoms with Crippen LogP contribution in [0.4, 0.5) is 0 Å². The first-order valence-corrected chi connectivity index (χ1v) is 8.96. The van der Waals surface area contributed by atoms with E-state index in [2.05, 4.69) is 4.98 Å². The summed E-state index contributed by atoms with van der Waals surface area (Å²) in [6.45, 7) is 1.36. The van der Waals surface area contributed by atoms with E-state index in [4.69, 9.17) is 5.73 Å². The Morgan fingerprint density at radius 3 is 2.58 bits per heavy atom. The molecular weight excluding hydrogens is 328 g/mol. The molecule has 6 nitrogen and oxygen atoms in total. The van der Waals surface area contributed by atoms with Gasteiger partial charge < -0.3 is 15.5 Å². The van der Waals surface area contributed by atoms with Crippen molar-refractivity contribution in [3.05, 3.63) is 54.4 Å². The van der Waals surface area contributed by atoms with Gasteiger partial charge in [0, 0.05) is 36.3 Å². The van der Waals surface area contributed by atoms with Gasteiger partial charge in [-0.1, -0.05) is 36.4 Å². The van der Waals surface area contributed by atoms with Crippen molar-refractivity contribution in [3.8, 4) is 11.1 Å². The third-order valence-corrected chi connectivity index (χ3v) is 6.17. The van der Waals surface area contributed by atoms with Crippen molar-refractivity contribution >= 4 is 11.8 Å². The van der Waals surface area contributed by atoms with Crippen molar-refractivity contribution in [2.24, 2.45) is 11.1 Å². The summed E-state index contributed by atoms with van der Waals surface area (Å²) < 4.78 is 0. The summed E-state index contributed by atoms with van der Waals surface area (Å²) in [6, 6.07) is 14.1. The molecule has 2 amide bonds. The van der Waals surface area contributed by atoms with Crippen LogP contribution in [0.3, 0.4) is 0 Å². The summed E-state index contributed by atoms with van der Waals surface area (Å²) >= 11 is 0. The number of piperidine rings is 1. The van der Waals surface area contributed by atoms with Gasteiger partial charge in [-0.2, -0.15) is 0 Å². The second-order valence-corrected chi connectivity index (χ2v) is 7.45. The zero-order valence-corrected chi connectivity index (χ0v) is 14.3. The van der Waals surface area contributed by atoms with Gasteiger partial charge in [0.05, 0.1) is 12.6 Å². The van der Waals surface area contributed by atoms with E-state index in [1.54, 1.807) is 12.3 Å². The van der Waals surface area contributed by atoms with Gasteiger partial charge in [0.15, 0.2) is 0 Å². The Hall–Kier alpha value is -2.73. The molecule has 6 heteroatoms. The van der Waals surface area contributed by atoms with Gasteiger partial charge in [0.2, 0.25) is 5.91 Å². The van der Waals surface area contributed by atoms with E-state index < -0.39 is 0 Å². The van der Waals surface area contributed by atoms with Gasteiger partial charge in [-0.3, -0.25) is 14.6 Å². The fraction of sp³-hybridized carbons (Fsp3) is 0.350. The number of amides is 2. The lowest BCUT2D eigenvalue weighted by Gasteiger charge is -2.46. The fourth-order valence-electron chi connectivity index (χ4n) is 4.65. The first-order valence-electron chi connectivity index (χ1n) is 8.96. The third-order valence-electron chi connectivity index (χ3n) is 6.17. The molecular formula is C20H20N4O2. The molecule has 2 saturated heterocycles. The number of hydrogen-bond donors (Lipinski definition) is 1. The maximum Gasteiger partial charge on any atom is 0.272 e. The number of carbonyl (C=O) groups excluding carboxylic acids is 2. The molecule has 3 atom stereocenters. The minimum atomic E-state index is -0.0482. The van der Waals surface area contributed by atoms with Gasteiger partial charge in [0.25, 0.3) is 5.91 Å². The van der Waals surface area contributed by atoms with Gasteiger partial charge in [-0.25, -0.2) is 0 Å². The van der Waals surface area contributed by atoms with Crippen molar-refractivity contribution in [2.75, 3.05) is 19.6 Å². The number of aromatic nitrogens is 1. The predicted molar refractivity (Wildman–Crippen MR) is 96.1 cm³/mol. The summed E-state index contributed by atoms with van der Waals surface area (Å²) in [7, 11) is 0. The van der Waals surface area contributed by atoms with Crippen LogP contribution in [0.25, 0.3) is 11.1 Å². The zero-order valence-electron chi connectivity index (χ0n) is 14.3. The Kier molecular flexibility index (Phi) is 3.21. The lowest BCUT2D eigenvalue weighted by atomic mass is 9.86. The normalized spacial score (nSPS) is 28.2. The Balaban J connectivity index is 1.32. The molecule has 1 aromatic heterocycles. The van der Waals surface area contributed by atoms with Gasteiger partial charge in [-0.15, -0.1) is 0 Å². The van der Waals surface area contributed by atoms with Crippen LogP contribution in [0, 0.1) is 5.41 Å². The quantitative estimate of drug-likeness (QED) is 0.902. The second kappa shape index (κ2) is 5.38. The highest BCUT2D eigenvalue weighted by Crippen LogP contribution is 2.64. The first-order chi connectivity index (χ1) is 12.6. The molecule has 2 aromatic rings. The molecule has 26 heavy (non-hydrogen) atoms. The number of benzene rings is 1. The van der Waals surface area contributed by atoms with Crippen LogP contribution in [0.2, 0.25) is 0 Å². The van der Waals surface area contributed by atoms with E-state index in [-0.39, 0.29) is 35.9 Å². The molecule has 1 aromatic carbocycles. The van der Waals surface area contributed by atoms with Crippen molar-refractivity contribution in [1.29, 1.82) is 0 Å². The molecule has 5 rings (SSSR count). The van der Waals surface area contributed by atoms with Gasteiger partial charge in [0.1, 0.15) is 5.69 Å². The highest BCUT2D eigenvalue weighted by molar-refractivity contribution is 5.94. The Bertz CT molecular complexity index is 882. The minimum Gasteiger partial charge on any atom is -0.336 e. The maximum absolute atomic E-state index is 12.9. The van der Waals surface area contributed by atoms with E-state index in [0.29, 0.717) is 12.2 Å². The molecule has 2 aliphatic heterocycles. The lowest BCUT2D eigenvalue weighted by molar-refractivity contribution is -0.129. The van der Waals surface area contributed by atoms with Crippen molar-refractivity contribution < 1.29 is 9.59 Å². The Morgan fingerprint density at radius 2 is 1.88 bits per heavy atom. The minimum absolute atomic E-state index is 0.0148. The van der Waals surface area contributed by atoms with E-state index >= 15 is 0 Å². The molecule has 2 N–H and O–H groups in total. The average molecular weight is 348 g/mol. The van der Waals surface area contributed by atoms with Crippen molar-refractivity contribution in [2.45, 2.75) is 18.5 Å². The largest absolute Gasteiger partial charge is 0.336 e. The SMILES string of the molecule is NCC(=O)N1CC2N(C(=O)c3ccc(-c4ccccc4)cn3)CC23CC13. The smallest absolute Gasteiger partial charge is 0.272 e. The molecule has 3 unspecified atom stereocenters. The monoisotopic (exact) mass is 348 g/mol. The molecule has 1 saturated carbocycles. The highest BCUT2D eigenvalue weighted by Gasteiger charge is 2.75. The van der Waals surface area contributed by atoms with E-state index in [1.807, 2.05) is 46.2 Å². The number of nitrogens with zero attached hydrogens (tertiary/aromatic N) is 3. The van der Waals surface area contributed by atoms with Crippen LogP contribution >= 0.6 is 0 Å². The summed E-state index contributed by atoms with van der Waals surface area (Å²) in [5.74, 6) is -0.0630. The molecule has 0 bridgehead atoms. The average Bonchev–Trinajstić information content (AvgIpc) is 3.38. The van der Waals surface area contributed by atoms with Crippen LogP contribution in [0.15, 0.2) is 48.7 Å². The number of nitrogens with two attached hydrogens (primary N) is 1.